The van der Waals surface area contributed by atoms with Crippen LogP contribution < -0.4 is 5.32 Å². The average molecular weight is 447 g/mol. The van der Waals surface area contributed by atoms with Gasteiger partial charge >= 0.3 is 7.60 Å². The molecule has 0 amide bonds. The Morgan fingerprint density at radius 2 is 1.77 bits per heavy atom. The summed E-state index contributed by atoms with van der Waals surface area (Å²) in [7, 11) is -3.90. The molecule has 0 aliphatic carbocycles. The fourth-order valence-corrected chi connectivity index (χ4v) is 4.09. The van der Waals surface area contributed by atoms with E-state index in [9.17, 15) is 4.57 Å². The molecule has 1 heterocycles. The molecule has 0 fully saturated rings. The standard InChI is InChI=1S/C21H26N3O4PS/c1-15-4-9-19(12-16(15)2)20-23-24-21(28-20)30-14-18-7-5-17(6-8-18)13-22-10-3-11-29(25,26)27/h4-9,12,22H,3,10-11,13-14H2,1-2H3,(H2,25,26,27). The van der Waals surface area contributed by atoms with Crippen molar-refractivity contribution < 1.29 is 18.8 Å². The molecule has 3 rings (SSSR count). The molecular weight excluding hydrogens is 421 g/mol. The van der Waals surface area contributed by atoms with Crippen molar-refractivity contribution in [3.8, 4) is 11.5 Å². The van der Waals surface area contributed by atoms with Crippen LogP contribution in [0.3, 0.4) is 0 Å². The molecule has 0 unspecified atom stereocenters. The SMILES string of the molecule is Cc1ccc(-c2nnc(SCc3ccc(CNCCCP(=O)(O)O)cc3)o2)cc1C. The lowest BCUT2D eigenvalue weighted by molar-refractivity contribution is 0.371. The summed E-state index contributed by atoms with van der Waals surface area (Å²) in [6.07, 6.45) is 0.365. The Bertz CT molecular complexity index is 1020. The lowest BCUT2D eigenvalue weighted by Crippen LogP contribution is -2.15. The van der Waals surface area contributed by atoms with E-state index < -0.39 is 7.60 Å². The highest BCUT2D eigenvalue weighted by molar-refractivity contribution is 7.98. The third-order valence-electron chi connectivity index (χ3n) is 4.68. The van der Waals surface area contributed by atoms with Gasteiger partial charge in [-0.3, -0.25) is 4.57 Å². The van der Waals surface area contributed by atoms with Crippen molar-refractivity contribution in [3.05, 3.63) is 64.7 Å². The number of nitrogens with zero attached hydrogens (tertiary/aromatic N) is 2. The second-order valence-electron chi connectivity index (χ2n) is 7.20. The van der Waals surface area contributed by atoms with Crippen LogP contribution in [-0.2, 0) is 16.9 Å². The Hall–Kier alpha value is -1.96. The Balaban J connectivity index is 1.45. The number of aromatic nitrogens is 2. The molecule has 9 heteroatoms. The molecule has 30 heavy (non-hydrogen) atoms. The van der Waals surface area contributed by atoms with E-state index in [1.807, 2.05) is 18.2 Å². The zero-order valence-corrected chi connectivity index (χ0v) is 18.7. The largest absolute Gasteiger partial charge is 0.411 e. The molecular formula is C21H26N3O4PS. The number of aryl methyl sites for hydroxylation is 2. The molecule has 0 aliphatic heterocycles. The van der Waals surface area contributed by atoms with Crippen LogP contribution in [0.1, 0.15) is 28.7 Å². The lowest BCUT2D eigenvalue weighted by Gasteiger charge is -2.07. The van der Waals surface area contributed by atoms with Crippen molar-refractivity contribution in [2.75, 3.05) is 12.7 Å². The van der Waals surface area contributed by atoms with E-state index in [1.54, 1.807) is 0 Å². The highest BCUT2D eigenvalue weighted by atomic mass is 32.2. The molecule has 0 spiro atoms. The summed E-state index contributed by atoms with van der Waals surface area (Å²) in [6, 6.07) is 14.3. The summed E-state index contributed by atoms with van der Waals surface area (Å²) in [6.45, 7) is 5.37. The summed E-state index contributed by atoms with van der Waals surface area (Å²) in [5.74, 6) is 1.26. The molecule has 7 nitrogen and oxygen atoms in total. The van der Waals surface area contributed by atoms with E-state index in [1.165, 1.54) is 22.9 Å². The zero-order valence-electron chi connectivity index (χ0n) is 17.0. The Labute approximate surface area is 180 Å². The molecule has 0 bridgehead atoms. The molecule has 160 valence electrons. The number of rotatable bonds is 10. The van der Waals surface area contributed by atoms with Crippen molar-refractivity contribution in [2.45, 2.75) is 37.8 Å². The second-order valence-corrected chi connectivity index (χ2v) is 9.90. The van der Waals surface area contributed by atoms with E-state index in [-0.39, 0.29) is 6.16 Å². The predicted octanol–water partition coefficient (Wildman–Crippen LogP) is 4.30. The van der Waals surface area contributed by atoms with Crippen LogP contribution in [0.15, 0.2) is 52.1 Å². The van der Waals surface area contributed by atoms with Gasteiger partial charge in [-0.1, -0.05) is 42.1 Å². The quantitative estimate of drug-likeness (QED) is 0.240. The summed E-state index contributed by atoms with van der Waals surface area (Å²) in [5.41, 5.74) is 5.62. The minimum Gasteiger partial charge on any atom is -0.411 e. The number of thioether (sulfide) groups is 1. The number of hydrogen-bond donors (Lipinski definition) is 3. The first-order valence-corrected chi connectivity index (χ1v) is 12.5. The third-order valence-corrected chi connectivity index (χ3v) is 6.47. The number of nitrogens with one attached hydrogen (secondary N) is 1. The van der Waals surface area contributed by atoms with Crippen molar-refractivity contribution in [3.63, 3.8) is 0 Å². The van der Waals surface area contributed by atoms with Gasteiger partial charge in [0.2, 0.25) is 5.89 Å². The molecule has 0 atom stereocenters. The van der Waals surface area contributed by atoms with Crippen molar-refractivity contribution in [1.29, 1.82) is 0 Å². The summed E-state index contributed by atoms with van der Waals surface area (Å²) < 4.78 is 16.6. The van der Waals surface area contributed by atoms with Crippen molar-refractivity contribution in [2.24, 2.45) is 0 Å². The second kappa shape index (κ2) is 10.4. The molecule has 0 radical (unpaired) electrons. The molecule has 0 saturated heterocycles. The summed E-state index contributed by atoms with van der Waals surface area (Å²) in [4.78, 5) is 17.7. The maximum absolute atomic E-state index is 10.8. The van der Waals surface area contributed by atoms with Gasteiger partial charge in [0.05, 0.1) is 6.16 Å². The molecule has 1 aromatic heterocycles. The van der Waals surface area contributed by atoms with Gasteiger partial charge in [-0.25, -0.2) is 0 Å². The van der Waals surface area contributed by atoms with Gasteiger partial charge in [0.25, 0.3) is 5.22 Å². The van der Waals surface area contributed by atoms with Crippen LogP contribution >= 0.6 is 19.4 Å². The third kappa shape index (κ3) is 7.07. The molecule has 3 aromatic rings. The van der Waals surface area contributed by atoms with Gasteiger partial charge in [0.1, 0.15) is 0 Å². The van der Waals surface area contributed by atoms with Crippen molar-refractivity contribution >= 4 is 19.4 Å². The molecule has 3 N–H and O–H groups in total. The van der Waals surface area contributed by atoms with Gasteiger partial charge < -0.3 is 19.5 Å². The van der Waals surface area contributed by atoms with Crippen LogP contribution in [0, 0.1) is 13.8 Å². The lowest BCUT2D eigenvalue weighted by atomic mass is 10.1. The summed E-state index contributed by atoms with van der Waals surface area (Å²) >= 11 is 1.50. The fraction of sp³-hybridized carbons (Fsp3) is 0.333. The number of benzene rings is 2. The first-order chi connectivity index (χ1) is 14.3. The predicted molar refractivity (Wildman–Crippen MR) is 118 cm³/mol. The first kappa shape index (κ1) is 22.7. The van der Waals surface area contributed by atoms with Crippen LogP contribution in [0.4, 0.5) is 0 Å². The first-order valence-electron chi connectivity index (χ1n) is 9.67. The summed E-state index contributed by atoms with van der Waals surface area (Å²) in [5, 5.41) is 12.0. The van der Waals surface area contributed by atoms with E-state index in [4.69, 9.17) is 14.2 Å². The van der Waals surface area contributed by atoms with Crippen LogP contribution in [0.5, 0.6) is 0 Å². The van der Waals surface area contributed by atoms with E-state index in [2.05, 4.69) is 53.6 Å². The zero-order chi connectivity index (χ0) is 21.6. The van der Waals surface area contributed by atoms with Crippen LogP contribution in [0.25, 0.3) is 11.5 Å². The van der Waals surface area contributed by atoms with E-state index in [0.29, 0.717) is 30.6 Å². The Morgan fingerprint density at radius 1 is 1.03 bits per heavy atom. The fourth-order valence-electron chi connectivity index (χ4n) is 2.80. The monoisotopic (exact) mass is 447 g/mol. The van der Waals surface area contributed by atoms with Gasteiger partial charge in [0.15, 0.2) is 0 Å². The van der Waals surface area contributed by atoms with Crippen LogP contribution in [0.2, 0.25) is 0 Å². The Kier molecular flexibility index (Phi) is 7.86. The molecule has 0 aliphatic rings. The number of hydrogen-bond acceptors (Lipinski definition) is 6. The van der Waals surface area contributed by atoms with Gasteiger partial charge in [-0.05, 0) is 61.2 Å². The van der Waals surface area contributed by atoms with Gasteiger partial charge in [-0.2, -0.15) is 0 Å². The average Bonchev–Trinajstić information content (AvgIpc) is 3.17. The van der Waals surface area contributed by atoms with Gasteiger partial charge in [0, 0.05) is 17.9 Å². The highest BCUT2D eigenvalue weighted by Gasteiger charge is 2.11. The van der Waals surface area contributed by atoms with Crippen LogP contribution in [-0.4, -0.2) is 32.7 Å². The van der Waals surface area contributed by atoms with Gasteiger partial charge in [-0.15, -0.1) is 10.2 Å². The molecule has 0 saturated carbocycles. The maximum Gasteiger partial charge on any atom is 0.325 e. The van der Waals surface area contributed by atoms with E-state index >= 15 is 0 Å². The van der Waals surface area contributed by atoms with E-state index in [0.717, 1.165) is 22.4 Å². The maximum atomic E-state index is 10.8. The highest BCUT2D eigenvalue weighted by Crippen LogP contribution is 2.34. The minimum absolute atomic E-state index is 0.0862. The Morgan fingerprint density at radius 3 is 2.47 bits per heavy atom. The topological polar surface area (TPSA) is 108 Å². The smallest absolute Gasteiger partial charge is 0.325 e. The molecule has 2 aromatic carbocycles. The minimum atomic E-state index is -3.90. The van der Waals surface area contributed by atoms with Crippen molar-refractivity contribution in [1.82, 2.24) is 15.5 Å². The normalized spacial score (nSPS) is 11.7.